The first-order valence-corrected chi connectivity index (χ1v) is 18.0. The summed E-state index contributed by atoms with van der Waals surface area (Å²) in [6.45, 7) is 4.70. The highest BCUT2D eigenvalue weighted by atomic mass is 14.8. The summed E-state index contributed by atoms with van der Waals surface area (Å²) in [5.41, 5.74) is 22.3. The molecule has 0 spiro atoms. The van der Waals surface area contributed by atoms with E-state index in [-0.39, 0.29) is 5.41 Å². The van der Waals surface area contributed by atoms with Gasteiger partial charge in [-0.3, -0.25) is 0 Å². The number of benzene rings is 7. The van der Waals surface area contributed by atoms with Crippen LogP contribution < -0.4 is 0 Å². The molecule has 1 aliphatic heterocycles. The molecule has 0 amide bonds. The van der Waals surface area contributed by atoms with Crippen LogP contribution >= 0.6 is 0 Å². The van der Waals surface area contributed by atoms with Gasteiger partial charge in [-0.05, 0) is 79.4 Å². The van der Waals surface area contributed by atoms with Crippen molar-refractivity contribution in [1.29, 1.82) is 0 Å². The van der Waals surface area contributed by atoms with Crippen LogP contribution in [0, 0.1) is 0 Å². The van der Waals surface area contributed by atoms with E-state index in [2.05, 4.69) is 196 Å². The van der Waals surface area contributed by atoms with Gasteiger partial charge < -0.3 is 0 Å². The molecule has 1 aliphatic carbocycles. The van der Waals surface area contributed by atoms with E-state index in [0.717, 1.165) is 33.7 Å². The molecule has 1 nitrogen and oxygen atoms in total. The highest BCUT2D eigenvalue weighted by Gasteiger charge is 2.36. The Kier molecular flexibility index (Phi) is 7.85. The fourth-order valence-electron chi connectivity index (χ4n) is 7.73. The number of hydrogen-bond acceptors (Lipinski definition) is 1. The lowest BCUT2D eigenvalue weighted by Crippen LogP contribution is -2.15. The minimum absolute atomic E-state index is 0.0816. The molecule has 0 atom stereocenters. The standard InChI is InChI=1S/C51H37N/c1-51(2)47-21-13-12-20-43(47)46-33-44(38-16-8-4-9-17-38)45(34-48(46)51)39-26-28-41(29-27-39)49-31-30-42(32-50(52-49)40-18-10-5-11-19-40)37-24-22-36(23-25-37)35-14-6-3-7-15-35/h3-29,31-34H,1-2H3. The molecule has 0 unspecified atom stereocenters. The van der Waals surface area contributed by atoms with Crippen molar-refractivity contribution in [1.82, 2.24) is 0 Å². The number of allylic oxidation sites excluding steroid dienone is 2. The van der Waals surface area contributed by atoms with Gasteiger partial charge >= 0.3 is 0 Å². The van der Waals surface area contributed by atoms with Crippen LogP contribution in [0.4, 0.5) is 0 Å². The third kappa shape index (κ3) is 5.68. The topological polar surface area (TPSA) is 12.4 Å². The Morgan fingerprint density at radius 1 is 0.404 bits per heavy atom. The molecule has 9 rings (SSSR count). The van der Waals surface area contributed by atoms with Crippen molar-refractivity contribution in [3.63, 3.8) is 0 Å². The van der Waals surface area contributed by atoms with Gasteiger partial charge in [0.1, 0.15) is 0 Å². The lowest BCUT2D eigenvalue weighted by molar-refractivity contribution is 0.660. The largest absolute Gasteiger partial charge is 0.247 e. The zero-order valence-electron chi connectivity index (χ0n) is 29.3. The average Bonchev–Trinajstić information content (AvgIpc) is 3.32. The zero-order chi connectivity index (χ0) is 35.1. The van der Waals surface area contributed by atoms with Crippen LogP contribution in [0.3, 0.4) is 0 Å². The van der Waals surface area contributed by atoms with Crippen LogP contribution in [0.15, 0.2) is 199 Å². The van der Waals surface area contributed by atoms with E-state index in [1.54, 1.807) is 0 Å². The Bertz CT molecular complexity index is 2560. The van der Waals surface area contributed by atoms with Crippen LogP contribution in [0.5, 0.6) is 0 Å². The number of nitrogens with zero attached hydrogens (tertiary/aromatic N) is 1. The molecule has 0 bridgehead atoms. The van der Waals surface area contributed by atoms with Gasteiger partial charge in [-0.1, -0.05) is 178 Å². The summed E-state index contributed by atoms with van der Waals surface area (Å²) in [4.78, 5) is 5.25. The molecule has 1 heteroatoms. The van der Waals surface area contributed by atoms with E-state index >= 15 is 0 Å². The molecule has 0 saturated carbocycles. The van der Waals surface area contributed by atoms with Gasteiger partial charge in [0, 0.05) is 28.2 Å². The van der Waals surface area contributed by atoms with Gasteiger partial charge in [0.15, 0.2) is 0 Å². The second-order valence-corrected chi connectivity index (χ2v) is 14.1. The average molecular weight is 664 g/mol. The van der Waals surface area contributed by atoms with Crippen LogP contribution in [-0.4, -0.2) is 5.71 Å². The highest BCUT2D eigenvalue weighted by Crippen LogP contribution is 2.51. The van der Waals surface area contributed by atoms with Crippen LogP contribution in [-0.2, 0) is 5.41 Å². The highest BCUT2D eigenvalue weighted by molar-refractivity contribution is 6.13. The molecule has 246 valence electrons. The maximum atomic E-state index is 5.25. The van der Waals surface area contributed by atoms with Crippen LogP contribution in [0.25, 0.3) is 55.8 Å². The summed E-state index contributed by atoms with van der Waals surface area (Å²) in [5, 5.41) is 0. The summed E-state index contributed by atoms with van der Waals surface area (Å²) in [6, 6.07) is 63.0. The van der Waals surface area contributed by atoms with Gasteiger partial charge in [0.25, 0.3) is 0 Å². The predicted octanol–water partition coefficient (Wildman–Crippen LogP) is 13.1. The molecular weight excluding hydrogens is 627 g/mol. The summed E-state index contributed by atoms with van der Waals surface area (Å²) >= 11 is 0. The Morgan fingerprint density at radius 3 is 1.60 bits per heavy atom. The molecule has 7 aromatic carbocycles. The maximum absolute atomic E-state index is 5.25. The molecule has 52 heavy (non-hydrogen) atoms. The number of rotatable bonds is 6. The molecule has 2 aliphatic rings. The number of fused-ring (bicyclic) bond motifs is 3. The fourth-order valence-corrected chi connectivity index (χ4v) is 7.73. The first-order valence-electron chi connectivity index (χ1n) is 18.0. The van der Waals surface area contributed by atoms with Crippen molar-refractivity contribution >= 4 is 17.0 Å². The molecule has 0 fully saturated rings. The lowest BCUT2D eigenvalue weighted by atomic mass is 9.80. The van der Waals surface area contributed by atoms with Crippen molar-refractivity contribution in [3.05, 3.63) is 222 Å². The van der Waals surface area contributed by atoms with E-state index in [9.17, 15) is 0 Å². The van der Waals surface area contributed by atoms with E-state index in [0.29, 0.717) is 0 Å². The number of aliphatic imine (C=N–C) groups is 1. The third-order valence-electron chi connectivity index (χ3n) is 10.6. The molecule has 0 radical (unpaired) electrons. The molecular formula is C51H37N. The van der Waals surface area contributed by atoms with E-state index in [1.165, 1.54) is 55.6 Å². The summed E-state index contributed by atoms with van der Waals surface area (Å²) in [5.74, 6) is 0. The van der Waals surface area contributed by atoms with Crippen molar-refractivity contribution < 1.29 is 0 Å². The van der Waals surface area contributed by atoms with Gasteiger partial charge in [-0.15, -0.1) is 5.73 Å². The summed E-state index contributed by atoms with van der Waals surface area (Å²) in [7, 11) is 0. The molecule has 1 heterocycles. The lowest BCUT2D eigenvalue weighted by Gasteiger charge is -2.23. The van der Waals surface area contributed by atoms with Crippen LogP contribution in [0.2, 0.25) is 0 Å². The molecule has 0 aromatic heterocycles. The monoisotopic (exact) mass is 663 g/mol. The van der Waals surface area contributed by atoms with Gasteiger partial charge in [-0.25, -0.2) is 4.99 Å². The third-order valence-corrected chi connectivity index (χ3v) is 10.6. The first-order chi connectivity index (χ1) is 25.5. The SMILES string of the molecule is CC1(C)c2ccccc2-c2cc(-c3ccccc3)c(-c3ccc(C4=NC(c5ccccc5)=CC(c5ccc(-c6ccccc6)cc5)=C=C4)cc3)cc21. The number of hydrogen-bond donors (Lipinski definition) is 0. The summed E-state index contributed by atoms with van der Waals surface area (Å²) < 4.78 is 0. The van der Waals surface area contributed by atoms with Gasteiger partial charge in [0.2, 0.25) is 0 Å². The Balaban J connectivity index is 1.12. The summed E-state index contributed by atoms with van der Waals surface area (Å²) in [6.07, 6.45) is 4.19. The minimum atomic E-state index is -0.0816. The van der Waals surface area contributed by atoms with Crippen molar-refractivity contribution in [2.45, 2.75) is 19.3 Å². The van der Waals surface area contributed by atoms with Gasteiger partial charge in [0.05, 0.1) is 11.4 Å². The Morgan fingerprint density at radius 2 is 0.904 bits per heavy atom. The van der Waals surface area contributed by atoms with Gasteiger partial charge in [-0.2, -0.15) is 0 Å². The van der Waals surface area contributed by atoms with Crippen LogP contribution in [0.1, 0.15) is 41.7 Å². The Labute approximate surface area is 306 Å². The quantitative estimate of drug-likeness (QED) is 0.157. The zero-order valence-corrected chi connectivity index (χ0v) is 29.3. The second kappa shape index (κ2) is 13.0. The molecule has 7 aromatic rings. The molecule has 0 saturated heterocycles. The predicted molar refractivity (Wildman–Crippen MR) is 219 cm³/mol. The van der Waals surface area contributed by atoms with Crippen molar-refractivity contribution in [2.24, 2.45) is 4.99 Å². The van der Waals surface area contributed by atoms with E-state index in [4.69, 9.17) is 4.99 Å². The van der Waals surface area contributed by atoms with E-state index < -0.39 is 0 Å². The van der Waals surface area contributed by atoms with Crippen molar-refractivity contribution in [3.8, 4) is 44.5 Å². The maximum Gasteiger partial charge on any atom is 0.0786 e. The normalized spacial score (nSPS) is 14.1. The van der Waals surface area contributed by atoms with Crippen molar-refractivity contribution in [2.75, 3.05) is 0 Å². The first kappa shape index (κ1) is 31.5. The smallest absolute Gasteiger partial charge is 0.0786 e. The second-order valence-electron chi connectivity index (χ2n) is 14.1. The molecule has 0 N–H and O–H groups in total. The fraction of sp³-hybridized carbons (Fsp3) is 0.0588. The minimum Gasteiger partial charge on any atom is -0.247 e. The van der Waals surface area contributed by atoms with E-state index in [1.807, 2.05) is 12.1 Å². The Hall–Kier alpha value is -6.53.